The number of piperazine rings is 1. The Morgan fingerprint density at radius 1 is 1.00 bits per heavy atom. The number of carbonyl (C=O) groups excluding carboxylic acids is 1. The number of hydrogen-bond acceptors (Lipinski definition) is 8. The van der Waals surface area contributed by atoms with E-state index in [1.807, 2.05) is 12.1 Å². The molecule has 2 amide bonds. The first-order valence-electron chi connectivity index (χ1n) is 13.2. The van der Waals surface area contributed by atoms with Crippen LogP contribution in [0.25, 0.3) is 0 Å². The van der Waals surface area contributed by atoms with Gasteiger partial charge in [-0.25, -0.2) is 14.8 Å². The average molecular weight is 589 g/mol. The highest BCUT2D eigenvalue weighted by Crippen LogP contribution is 2.44. The molecule has 1 fully saturated rings. The number of ether oxygens (including phenoxy) is 2. The number of amides is 2. The second-order valence-corrected chi connectivity index (χ2v) is 10.1. The molecule has 2 aromatic carbocycles. The molecule has 4 rings (SSSR count). The minimum absolute atomic E-state index is 0.155. The maximum atomic E-state index is 13.1. The van der Waals surface area contributed by atoms with E-state index < -0.39 is 6.03 Å². The summed E-state index contributed by atoms with van der Waals surface area (Å²) in [6.07, 6.45) is 3.88. The third-order valence-electron chi connectivity index (χ3n) is 6.81. The number of methoxy groups -OCH3 is 2. The van der Waals surface area contributed by atoms with Crippen molar-refractivity contribution in [3.63, 3.8) is 0 Å². The molecule has 2 heterocycles. The van der Waals surface area contributed by atoms with Gasteiger partial charge in [0.25, 0.3) is 0 Å². The van der Waals surface area contributed by atoms with Crippen molar-refractivity contribution >= 4 is 57.9 Å². The average Bonchev–Trinajstić information content (AvgIpc) is 2.98. The normalized spacial score (nSPS) is 13.6. The van der Waals surface area contributed by atoms with Crippen molar-refractivity contribution in [3.05, 3.63) is 52.8 Å². The summed E-state index contributed by atoms with van der Waals surface area (Å²) in [5, 5.41) is 6.31. The number of anilines is 5. The van der Waals surface area contributed by atoms with Crippen molar-refractivity contribution < 1.29 is 14.3 Å². The van der Waals surface area contributed by atoms with Crippen LogP contribution in [-0.2, 0) is 0 Å². The molecule has 214 valence electrons. The van der Waals surface area contributed by atoms with Crippen LogP contribution in [0.4, 0.5) is 33.5 Å². The Morgan fingerprint density at radius 3 is 2.25 bits per heavy atom. The first-order chi connectivity index (χ1) is 19.3. The molecule has 0 atom stereocenters. The second-order valence-electron chi connectivity index (χ2n) is 9.39. The van der Waals surface area contributed by atoms with Crippen molar-refractivity contribution in [1.29, 1.82) is 0 Å². The quantitative estimate of drug-likeness (QED) is 0.292. The molecule has 0 spiro atoms. The van der Waals surface area contributed by atoms with Crippen LogP contribution in [0.1, 0.15) is 19.8 Å². The summed E-state index contributed by atoms with van der Waals surface area (Å²) < 4.78 is 10.5. The van der Waals surface area contributed by atoms with E-state index in [-0.39, 0.29) is 15.7 Å². The molecular weight excluding hydrogens is 553 g/mol. The summed E-state index contributed by atoms with van der Waals surface area (Å²) in [5.74, 6) is 1.54. The fraction of sp³-hybridized carbons (Fsp3) is 0.393. The number of halogens is 2. The van der Waals surface area contributed by atoms with E-state index in [2.05, 4.69) is 49.5 Å². The molecule has 1 aromatic heterocycles. The topological polar surface area (TPSA) is 95.1 Å². The zero-order valence-corrected chi connectivity index (χ0v) is 24.7. The molecule has 0 bridgehead atoms. The molecular formula is C28H35Cl2N7O3. The Hall–Kier alpha value is -3.47. The van der Waals surface area contributed by atoms with E-state index in [4.69, 9.17) is 32.7 Å². The highest BCUT2D eigenvalue weighted by molar-refractivity contribution is 6.41. The summed E-state index contributed by atoms with van der Waals surface area (Å²) in [6, 6.07) is 11.0. The SMILES string of the molecule is CCCCN1CCN(c2ccc(Nc3cc(N(C)C(=O)Nc4c(Cl)c(OC)cc(OC)c4Cl)ncn3)cc2)CC1. The minimum Gasteiger partial charge on any atom is -0.495 e. The molecule has 0 aliphatic carbocycles. The number of benzene rings is 2. The minimum atomic E-state index is -0.511. The van der Waals surface area contributed by atoms with Gasteiger partial charge >= 0.3 is 6.03 Å². The van der Waals surface area contributed by atoms with Crippen LogP contribution in [0.2, 0.25) is 10.0 Å². The van der Waals surface area contributed by atoms with E-state index in [1.165, 1.54) is 50.5 Å². The van der Waals surface area contributed by atoms with E-state index >= 15 is 0 Å². The number of hydrogen-bond donors (Lipinski definition) is 2. The van der Waals surface area contributed by atoms with Gasteiger partial charge in [-0.1, -0.05) is 36.5 Å². The molecule has 12 heteroatoms. The van der Waals surface area contributed by atoms with Gasteiger partial charge in [-0.15, -0.1) is 0 Å². The zero-order chi connectivity index (χ0) is 28.6. The van der Waals surface area contributed by atoms with Crippen LogP contribution in [0.15, 0.2) is 42.7 Å². The summed E-state index contributed by atoms with van der Waals surface area (Å²) in [6.45, 7) is 7.65. The lowest BCUT2D eigenvalue weighted by Gasteiger charge is -2.36. The van der Waals surface area contributed by atoms with Gasteiger partial charge in [0.1, 0.15) is 39.5 Å². The standard InChI is InChI=1S/C28H35Cl2N7O3/c1-5-6-11-36-12-14-37(15-13-36)20-9-7-19(8-10-20)33-23-17-24(32-18-31-23)35(2)28(38)34-27-25(29)21(39-3)16-22(40-4)26(27)30/h7-10,16-18H,5-6,11-15H2,1-4H3,(H,34,38)(H,31,32,33). The van der Waals surface area contributed by atoms with Crippen LogP contribution in [0.3, 0.4) is 0 Å². The van der Waals surface area contributed by atoms with E-state index in [9.17, 15) is 4.79 Å². The first kappa shape index (κ1) is 29.5. The van der Waals surface area contributed by atoms with Gasteiger partial charge in [-0.2, -0.15) is 0 Å². The van der Waals surface area contributed by atoms with E-state index in [0.717, 1.165) is 31.9 Å². The maximum absolute atomic E-state index is 13.1. The van der Waals surface area contributed by atoms with Crippen LogP contribution in [-0.4, -0.2) is 74.9 Å². The second kappa shape index (κ2) is 13.7. The van der Waals surface area contributed by atoms with Gasteiger partial charge < -0.3 is 25.0 Å². The molecule has 1 aliphatic heterocycles. The Kier molecular flexibility index (Phi) is 10.1. The Morgan fingerprint density at radius 2 is 1.65 bits per heavy atom. The molecule has 0 radical (unpaired) electrons. The van der Waals surface area contributed by atoms with Gasteiger partial charge in [0.05, 0.1) is 19.9 Å². The highest BCUT2D eigenvalue weighted by Gasteiger charge is 2.22. The first-order valence-corrected chi connectivity index (χ1v) is 13.9. The molecule has 1 aliphatic rings. The number of rotatable bonds is 10. The molecule has 0 unspecified atom stereocenters. The lowest BCUT2D eigenvalue weighted by Crippen LogP contribution is -2.46. The summed E-state index contributed by atoms with van der Waals surface area (Å²) in [7, 11) is 4.51. The van der Waals surface area contributed by atoms with Crippen molar-refractivity contribution in [2.24, 2.45) is 0 Å². The Bertz CT molecular complexity index is 1270. The maximum Gasteiger partial charge on any atom is 0.327 e. The summed E-state index contributed by atoms with van der Waals surface area (Å²) in [5.41, 5.74) is 2.25. The fourth-order valence-corrected chi connectivity index (χ4v) is 5.00. The number of nitrogens with zero attached hydrogens (tertiary/aromatic N) is 5. The fourth-order valence-electron chi connectivity index (χ4n) is 4.40. The largest absolute Gasteiger partial charge is 0.495 e. The van der Waals surface area contributed by atoms with E-state index in [1.54, 1.807) is 19.2 Å². The van der Waals surface area contributed by atoms with Gasteiger partial charge in [0.2, 0.25) is 0 Å². The predicted octanol–water partition coefficient (Wildman–Crippen LogP) is 6.13. The van der Waals surface area contributed by atoms with Crippen LogP contribution < -0.4 is 29.9 Å². The lowest BCUT2D eigenvalue weighted by atomic mass is 10.2. The van der Waals surface area contributed by atoms with Gasteiger partial charge in [-0.3, -0.25) is 9.80 Å². The van der Waals surface area contributed by atoms with Gasteiger partial charge in [0, 0.05) is 56.7 Å². The number of urea groups is 1. The smallest absolute Gasteiger partial charge is 0.327 e. The van der Waals surface area contributed by atoms with Crippen molar-refractivity contribution in [2.45, 2.75) is 19.8 Å². The molecule has 0 saturated carbocycles. The van der Waals surface area contributed by atoms with Gasteiger partial charge in [-0.05, 0) is 37.2 Å². The molecule has 3 aromatic rings. The van der Waals surface area contributed by atoms with Crippen molar-refractivity contribution in [2.75, 3.05) is 74.4 Å². The number of carbonyl (C=O) groups is 1. The van der Waals surface area contributed by atoms with Crippen LogP contribution >= 0.6 is 23.2 Å². The predicted molar refractivity (Wildman–Crippen MR) is 162 cm³/mol. The van der Waals surface area contributed by atoms with Crippen molar-refractivity contribution in [1.82, 2.24) is 14.9 Å². The molecule has 1 saturated heterocycles. The molecule has 2 N–H and O–H groups in total. The number of nitrogens with one attached hydrogen (secondary N) is 2. The third-order valence-corrected chi connectivity index (χ3v) is 7.56. The summed E-state index contributed by atoms with van der Waals surface area (Å²) in [4.78, 5) is 27.9. The van der Waals surface area contributed by atoms with Crippen LogP contribution in [0.5, 0.6) is 11.5 Å². The Labute approximate surface area is 245 Å². The molecule has 40 heavy (non-hydrogen) atoms. The van der Waals surface area contributed by atoms with Crippen LogP contribution in [0, 0.1) is 0 Å². The highest BCUT2D eigenvalue weighted by atomic mass is 35.5. The zero-order valence-electron chi connectivity index (χ0n) is 23.2. The number of unbranched alkanes of at least 4 members (excludes halogenated alkanes) is 1. The monoisotopic (exact) mass is 587 g/mol. The Balaban J connectivity index is 1.40. The summed E-state index contributed by atoms with van der Waals surface area (Å²) >= 11 is 12.8. The third kappa shape index (κ3) is 6.99. The molecule has 10 nitrogen and oxygen atoms in total. The van der Waals surface area contributed by atoms with Gasteiger partial charge in [0.15, 0.2) is 0 Å². The van der Waals surface area contributed by atoms with Crippen molar-refractivity contribution in [3.8, 4) is 11.5 Å². The number of aromatic nitrogens is 2. The lowest BCUT2D eigenvalue weighted by molar-refractivity contribution is 0.254. The van der Waals surface area contributed by atoms with E-state index in [0.29, 0.717) is 23.1 Å².